The van der Waals surface area contributed by atoms with Crippen molar-refractivity contribution in [2.45, 2.75) is 50.7 Å². The number of esters is 1. The number of phenolic OH excluding ortho intramolecular Hbond substituents is 1. The summed E-state index contributed by atoms with van der Waals surface area (Å²) in [5.74, 6) is -0.575. The van der Waals surface area contributed by atoms with Crippen molar-refractivity contribution in [1.82, 2.24) is 0 Å². The fraction of sp³-hybridized carbons (Fsp3) is 0.529. The molecule has 24 heavy (non-hydrogen) atoms. The smallest absolute Gasteiger partial charge is 0.412 e. The fourth-order valence-corrected chi connectivity index (χ4v) is 2.63. The normalized spacial score (nSPS) is 16.9. The third-order valence-electron chi connectivity index (χ3n) is 4.05. The predicted octanol–water partition coefficient (Wildman–Crippen LogP) is 2.27. The maximum Gasteiger partial charge on any atom is 0.412 e. The molecule has 0 aliphatic heterocycles. The van der Waals surface area contributed by atoms with Gasteiger partial charge in [0.2, 0.25) is 0 Å². The lowest BCUT2D eigenvalue weighted by atomic mass is 9.88. The number of aromatic hydroxyl groups is 1. The zero-order chi connectivity index (χ0) is 18.1. The molecule has 0 bridgehead atoms. The molecule has 1 saturated carbocycles. The summed E-state index contributed by atoms with van der Waals surface area (Å²) in [5.41, 5.74) is 5.83. The van der Waals surface area contributed by atoms with Gasteiger partial charge in [-0.1, -0.05) is 6.07 Å². The van der Waals surface area contributed by atoms with Crippen LogP contribution in [0.3, 0.4) is 0 Å². The van der Waals surface area contributed by atoms with Gasteiger partial charge in [0.15, 0.2) is 0 Å². The van der Waals surface area contributed by atoms with Crippen LogP contribution in [0.4, 0.5) is 10.5 Å². The molecular weight excluding hydrogens is 312 g/mol. The minimum atomic E-state index is -0.790. The number of nitrogens with two attached hydrogens (primary N) is 1. The molecule has 1 aliphatic carbocycles. The molecule has 0 saturated heterocycles. The Morgan fingerprint density at radius 1 is 1.33 bits per heavy atom. The second kappa shape index (κ2) is 6.32. The Hall–Kier alpha value is -2.28. The summed E-state index contributed by atoms with van der Waals surface area (Å²) in [4.78, 5) is 23.7. The van der Waals surface area contributed by atoms with Crippen molar-refractivity contribution >= 4 is 17.7 Å². The van der Waals surface area contributed by atoms with E-state index in [2.05, 4.69) is 5.32 Å². The van der Waals surface area contributed by atoms with E-state index in [9.17, 15) is 14.7 Å². The zero-order valence-electron chi connectivity index (χ0n) is 14.4. The van der Waals surface area contributed by atoms with Crippen LogP contribution < -0.4 is 11.1 Å². The van der Waals surface area contributed by atoms with E-state index in [0.29, 0.717) is 0 Å². The first-order chi connectivity index (χ1) is 11.1. The van der Waals surface area contributed by atoms with Crippen LogP contribution in [0.15, 0.2) is 18.2 Å². The second-order valence-corrected chi connectivity index (χ2v) is 7.02. The van der Waals surface area contributed by atoms with Gasteiger partial charge in [-0.3, -0.25) is 10.1 Å². The molecule has 0 heterocycles. The van der Waals surface area contributed by atoms with Gasteiger partial charge in [-0.05, 0) is 51.3 Å². The lowest BCUT2D eigenvalue weighted by molar-refractivity contribution is -0.143. The molecule has 1 aromatic rings. The van der Waals surface area contributed by atoms with Crippen LogP contribution in [-0.2, 0) is 19.7 Å². The number of carbonyl (C=O) groups excluding carboxylic acids is 2. The van der Waals surface area contributed by atoms with E-state index >= 15 is 0 Å². The molecule has 1 fully saturated rings. The molecule has 7 nitrogen and oxygen atoms in total. The highest BCUT2D eigenvalue weighted by Gasteiger charge is 2.52. The molecule has 1 unspecified atom stereocenters. The maximum absolute atomic E-state index is 11.9. The lowest BCUT2D eigenvalue weighted by Gasteiger charge is -2.23. The van der Waals surface area contributed by atoms with E-state index in [4.69, 9.17) is 15.2 Å². The van der Waals surface area contributed by atoms with E-state index in [1.54, 1.807) is 32.9 Å². The average Bonchev–Trinajstić information content (AvgIpc) is 3.27. The Balaban J connectivity index is 2.23. The van der Waals surface area contributed by atoms with Crippen LogP contribution in [0, 0.1) is 0 Å². The molecular formula is C17H24N2O5. The molecule has 0 radical (unpaired) electrons. The molecule has 0 spiro atoms. The SMILES string of the molecule is COC(=O)C(N)C1(c2ccc(O)c(NC(=O)OC(C)(C)C)c2)CC1. The number of carbonyl (C=O) groups is 2. The predicted molar refractivity (Wildman–Crippen MR) is 88.9 cm³/mol. The van der Waals surface area contributed by atoms with Gasteiger partial charge in [0.05, 0.1) is 12.8 Å². The second-order valence-electron chi connectivity index (χ2n) is 7.02. The largest absolute Gasteiger partial charge is 0.506 e. The summed E-state index contributed by atoms with van der Waals surface area (Å²) >= 11 is 0. The first-order valence-corrected chi connectivity index (χ1v) is 7.76. The summed E-state index contributed by atoms with van der Waals surface area (Å²) in [7, 11) is 1.30. The Morgan fingerprint density at radius 2 is 1.96 bits per heavy atom. The number of anilines is 1. The molecule has 1 atom stereocenters. The molecule has 2 rings (SSSR count). The topological polar surface area (TPSA) is 111 Å². The van der Waals surface area contributed by atoms with Gasteiger partial charge in [0.25, 0.3) is 0 Å². The number of rotatable bonds is 4. The number of hydrogen-bond donors (Lipinski definition) is 3. The van der Waals surface area contributed by atoms with E-state index in [0.717, 1.165) is 18.4 Å². The number of amides is 1. The third kappa shape index (κ3) is 3.79. The summed E-state index contributed by atoms with van der Waals surface area (Å²) < 4.78 is 9.91. The van der Waals surface area contributed by atoms with Gasteiger partial charge in [-0.25, -0.2) is 4.79 Å². The van der Waals surface area contributed by atoms with Crippen molar-refractivity contribution in [1.29, 1.82) is 0 Å². The number of benzene rings is 1. The first kappa shape index (κ1) is 18.1. The van der Waals surface area contributed by atoms with Gasteiger partial charge in [-0.15, -0.1) is 0 Å². The number of ether oxygens (including phenoxy) is 2. The van der Waals surface area contributed by atoms with Crippen molar-refractivity contribution < 1.29 is 24.2 Å². The molecule has 132 valence electrons. The van der Waals surface area contributed by atoms with Crippen LogP contribution >= 0.6 is 0 Å². The van der Waals surface area contributed by atoms with Crippen LogP contribution in [0.5, 0.6) is 5.75 Å². The molecule has 1 amide bonds. The average molecular weight is 336 g/mol. The van der Waals surface area contributed by atoms with E-state index in [1.807, 2.05) is 0 Å². The first-order valence-electron chi connectivity index (χ1n) is 7.76. The van der Waals surface area contributed by atoms with Crippen molar-refractivity contribution in [3.05, 3.63) is 23.8 Å². The highest BCUT2D eigenvalue weighted by molar-refractivity contribution is 5.87. The van der Waals surface area contributed by atoms with Crippen LogP contribution in [0.2, 0.25) is 0 Å². The van der Waals surface area contributed by atoms with Crippen molar-refractivity contribution in [2.75, 3.05) is 12.4 Å². The van der Waals surface area contributed by atoms with Gasteiger partial charge in [-0.2, -0.15) is 0 Å². The highest BCUT2D eigenvalue weighted by atomic mass is 16.6. The Kier molecular flexibility index (Phi) is 4.75. The number of phenols is 1. The minimum absolute atomic E-state index is 0.0907. The highest BCUT2D eigenvalue weighted by Crippen LogP contribution is 2.51. The minimum Gasteiger partial charge on any atom is -0.506 e. The Morgan fingerprint density at radius 3 is 2.46 bits per heavy atom. The van der Waals surface area contributed by atoms with Crippen LogP contribution in [-0.4, -0.2) is 35.9 Å². The Bertz CT molecular complexity index is 647. The third-order valence-corrected chi connectivity index (χ3v) is 4.05. The summed E-state index contributed by atoms with van der Waals surface area (Å²) in [6.45, 7) is 5.24. The van der Waals surface area contributed by atoms with Crippen molar-refractivity contribution in [2.24, 2.45) is 5.73 Å². The summed E-state index contributed by atoms with van der Waals surface area (Å²) in [5, 5.41) is 12.5. The Labute approximate surface area is 141 Å². The number of hydrogen-bond acceptors (Lipinski definition) is 6. The lowest BCUT2D eigenvalue weighted by Crippen LogP contribution is -2.42. The fourth-order valence-electron chi connectivity index (χ4n) is 2.63. The van der Waals surface area contributed by atoms with Crippen LogP contribution in [0.1, 0.15) is 39.2 Å². The molecule has 7 heteroatoms. The van der Waals surface area contributed by atoms with Crippen molar-refractivity contribution in [3.63, 3.8) is 0 Å². The summed E-state index contributed by atoms with van der Waals surface area (Å²) in [6, 6.07) is 3.99. The summed E-state index contributed by atoms with van der Waals surface area (Å²) in [6.07, 6.45) is 0.803. The van der Waals surface area contributed by atoms with Crippen molar-refractivity contribution in [3.8, 4) is 5.75 Å². The number of nitrogens with one attached hydrogen (secondary N) is 1. The number of methoxy groups -OCH3 is 1. The van der Waals surface area contributed by atoms with E-state index < -0.39 is 29.1 Å². The van der Waals surface area contributed by atoms with E-state index in [1.165, 1.54) is 13.2 Å². The van der Waals surface area contributed by atoms with Gasteiger partial charge < -0.3 is 20.3 Å². The standard InChI is InChI=1S/C17H24N2O5/c1-16(2,3)24-15(22)19-11-9-10(5-6-12(11)20)17(7-8-17)13(18)14(21)23-4/h5-6,9,13,20H,7-8,18H2,1-4H3,(H,19,22). The van der Waals surface area contributed by atoms with E-state index in [-0.39, 0.29) is 11.4 Å². The van der Waals surface area contributed by atoms with Crippen LogP contribution in [0.25, 0.3) is 0 Å². The molecule has 1 aliphatic rings. The molecule has 1 aromatic carbocycles. The van der Waals surface area contributed by atoms with Gasteiger partial charge >= 0.3 is 12.1 Å². The van der Waals surface area contributed by atoms with Gasteiger partial charge in [0, 0.05) is 5.41 Å². The molecule has 4 N–H and O–H groups in total. The maximum atomic E-state index is 11.9. The quantitative estimate of drug-likeness (QED) is 0.574. The van der Waals surface area contributed by atoms with Gasteiger partial charge in [0.1, 0.15) is 17.4 Å². The molecule has 0 aromatic heterocycles. The monoisotopic (exact) mass is 336 g/mol. The zero-order valence-corrected chi connectivity index (χ0v) is 14.4.